The van der Waals surface area contributed by atoms with Gasteiger partial charge in [0.1, 0.15) is 22.5 Å². The van der Waals surface area contributed by atoms with E-state index in [1.807, 2.05) is 18.2 Å². The van der Waals surface area contributed by atoms with E-state index in [1.165, 1.54) is 10.9 Å². The zero-order valence-corrected chi connectivity index (χ0v) is 19.1. The van der Waals surface area contributed by atoms with E-state index in [9.17, 15) is 8.78 Å². The van der Waals surface area contributed by atoms with Crippen molar-refractivity contribution in [2.24, 2.45) is 4.99 Å². The monoisotopic (exact) mass is 452 g/mol. The minimum Gasteiger partial charge on any atom is -0.353 e. The van der Waals surface area contributed by atoms with Crippen LogP contribution in [0.25, 0.3) is 0 Å². The van der Waals surface area contributed by atoms with Crippen LogP contribution < -0.4 is 5.32 Å². The molecule has 3 heterocycles. The number of anilines is 2. The largest absolute Gasteiger partial charge is 0.353 e. The molecule has 5 rings (SSSR count). The third-order valence-electron chi connectivity index (χ3n) is 6.31. The van der Waals surface area contributed by atoms with Crippen molar-refractivity contribution in [1.82, 2.24) is 9.80 Å². The number of para-hydroxylation sites is 2. The molecule has 0 aliphatic carbocycles. The second-order valence-corrected chi connectivity index (χ2v) is 9.79. The van der Waals surface area contributed by atoms with Gasteiger partial charge in [0.15, 0.2) is 0 Å². The normalized spacial score (nSPS) is 18.4. The van der Waals surface area contributed by atoms with Crippen molar-refractivity contribution < 1.29 is 8.78 Å². The quantitative estimate of drug-likeness (QED) is 0.552. The summed E-state index contributed by atoms with van der Waals surface area (Å²) in [6.45, 7) is 4.72. The first-order valence-corrected chi connectivity index (χ1v) is 11.7. The van der Waals surface area contributed by atoms with E-state index in [0.29, 0.717) is 12.0 Å². The Labute approximate surface area is 191 Å². The number of nitrogens with one attached hydrogen (secondary N) is 1. The van der Waals surface area contributed by atoms with Gasteiger partial charge in [-0.2, -0.15) is 0 Å². The maximum atomic E-state index is 14.1. The van der Waals surface area contributed by atoms with E-state index in [-0.39, 0.29) is 6.04 Å². The number of benzene rings is 2. The number of nitrogens with zero attached hydrogens (tertiary/aromatic N) is 3. The van der Waals surface area contributed by atoms with Crippen molar-refractivity contribution in [3.8, 4) is 0 Å². The van der Waals surface area contributed by atoms with Crippen LogP contribution in [-0.2, 0) is 6.42 Å². The number of rotatable bonds is 3. The molecule has 166 valence electrons. The number of fused-ring (bicyclic) bond motifs is 2. The Morgan fingerprint density at radius 1 is 1.12 bits per heavy atom. The fourth-order valence-electron chi connectivity index (χ4n) is 4.48. The van der Waals surface area contributed by atoms with Crippen LogP contribution in [-0.4, -0.2) is 48.4 Å². The summed E-state index contributed by atoms with van der Waals surface area (Å²) in [5.74, 6) is -0.00303. The van der Waals surface area contributed by atoms with Gasteiger partial charge in [0.25, 0.3) is 0 Å². The van der Waals surface area contributed by atoms with E-state index in [0.717, 1.165) is 59.9 Å². The molecule has 0 spiro atoms. The second kappa shape index (κ2) is 8.64. The molecule has 32 heavy (non-hydrogen) atoms. The van der Waals surface area contributed by atoms with Gasteiger partial charge in [0.05, 0.1) is 16.9 Å². The zero-order valence-electron chi connectivity index (χ0n) is 18.2. The average molecular weight is 453 g/mol. The Morgan fingerprint density at radius 3 is 2.81 bits per heavy atom. The van der Waals surface area contributed by atoms with Crippen LogP contribution in [0.2, 0.25) is 0 Å². The molecule has 1 aromatic heterocycles. The molecule has 7 heteroatoms. The molecule has 0 radical (unpaired) electrons. The molecule has 1 fully saturated rings. The Hall–Kier alpha value is -2.77. The van der Waals surface area contributed by atoms with Crippen LogP contribution in [0.15, 0.2) is 53.5 Å². The average Bonchev–Trinajstić information content (AvgIpc) is 3.06. The van der Waals surface area contributed by atoms with Crippen molar-refractivity contribution in [3.63, 3.8) is 0 Å². The number of aryl methyl sites for hydroxylation is 2. The van der Waals surface area contributed by atoms with Gasteiger partial charge in [-0.15, -0.1) is 11.3 Å². The maximum absolute atomic E-state index is 14.1. The molecule has 0 saturated carbocycles. The lowest BCUT2D eigenvalue weighted by Gasteiger charge is -2.41. The Morgan fingerprint density at radius 2 is 1.97 bits per heavy atom. The number of piperazine rings is 1. The van der Waals surface area contributed by atoms with Crippen LogP contribution in [0.4, 0.5) is 25.2 Å². The van der Waals surface area contributed by atoms with Crippen molar-refractivity contribution in [1.29, 1.82) is 0 Å². The van der Waals surface area contributed by atoms with Crippen molar-refractivity contribution >= 4 is 33.5 Å². The summed E-state index contributed by atoms with van der Waals surface area (Å²) in [5.41, 5.74) is 3.66. The maximum Gasteiger partial charge on any atom is 0.139 e. The predicted octanol–water partition coefficient (Wildman–Crippen LogP) is 5.72. The van der Waals surface area contributed by atoms with Crippen LogP contribution >= 0.6 is 11.3 Å². The molecule has 0 amide bonds. The van der Waals surface area contributed by atoms with E-state index < -0.39 is 11.6 Å². The van der Waals surface area contributed by atoms with Gasteiger partial charge in [-0.3, -0.25) is 4.90 Å². The van der Waals surface area contributed by atoms with Crippen LogP contribution in [0.1, 0.15) is 22.4 Å². The predicted molar refractivity (Wildman–Crippen MR) is 128 cm³/mol. The van der Waals surface area contributed by atoms with Gasteiger partial charge in [-0.05, 0) is 56.6 Å². The Kier molecular flexibility index (Phi) is 5.69. The van der Waals surface area contributed by atoms with E-state index in [2.05, 4.69) is 41.2 Å². The highest BCUT2D eigenvalue weighted by molar-refractivity contribution is 7.16. The molecular formula is C25H26F2N4S. The highest BCUT2D eigenvalue weighted by Gasteiger charge is 2.30. The number of hydrogen-bond acceptors (Lipinski definition) is 5. The van der Waals surface area contributed by atoms with Gasteiger partial charge in [0, 0.05) is 36.6 Å². The molecule has 2 aromatic carbocycles. The first-order valence-electron chi connectivity index (χ1n) is 10.9. The van der Waals surface area contributed by atoms with Crippen LogP contribution in [0.3, 0.4) is 0 Å². The van der Waals surface area contributed by atoms with Crippen molar-refractivity contribution in [3.05, 3.63) is 76.2 Å². The smallest absolute Gasteiger partial charge is 0.139 e. The number of thiophene rings is 1. The van der Waals surface area contributed by atoms with Crippen molar-refractivity contribution in [2.75, 3.05) is 32.0 Å². The SMILES string of the molecule is Cc1cc2c(s1)Nc1ccccc1N=C2N1CCN(C)C(CCc2ccc(F)cc2F)C1. The molecular weight excluding hydrogens is 426 g/mol. The molecule has 1 atom stereocenters. The first-order chi connectivity index (χ1) is 15.5. The summed E-state index contributed by atoms with van der Waals surface area (Å²) in [6.07, 6.45) is 1.38. The highest BCUT2D eigenvalue weighted by Crippen LogP contribution is 2.39. The minimum atomic E-state index is -0.533. The van der Waals surface area contributed by atoms with E-state index in [4.69, 9.17) is 4.99 Å². The molecule has 1 saturated heterocycles. The Bertz CT molecular complexity index is 1170. The minimum absolute atomic E-state index is 0.255. The number of amidine groups is 1. The third kappa shape index (κ3) is 4.14. The lowest BCUT2D eigenvalue weighted by molar-refractivity contribution is 0.134. The van der Waals surface area contributed by atoms with Crippen LogP contribution in [0, 0.1) is 18.6 Å². The summed E-state index contributed by atoms with van der Waals surface area (Å²) in [6, 6.07) is 14.5. The second-order valence-electron chi connectivity index (χ2n) is 8.53. The molecule has 1 unspecified atom stereocenters. The number of aliphatic imine (C=N–C) groups is 1. The summed E-state index contributed by atoms with van der Waals surface area (Å²) in [5, 5.41) is 4.69. The van der Waals surface area contributed by atoms with Gasteiger partial charge in [0.2, 0.25) is 0 Å². The summed E-state index contributed by atoms with van der Waals surface area (Å²) in [4.78, 5) is 11.0. The number of likely N-dealkylation sites (N-methyl/N-ethyl adjacent to an activating group) is 1. The van der Waals surface area contributed by atoms with Crippen molar-refractivity contribution in [2.45, 2.75) is 25.8 Å². The summed E-state index contributed by atoms with van der Waals surface area (Å²) < 4.78 is 27.4. The summed E-state index contributed by atoms with van der Waals surface area (Å²) >= 11 is 1.75. The molecule has 3 aromatic rings. The third-order valence-corrected chi connectivity index (χ3v) is 7.28. The van der Waals surface area contributed by atoms with E-state index >= 15 is 0 Å². The standard InChI is InChI=1S/C25H26F2N4S/c1-16-13-20-24(28-22-5-3-4-6-23(22)29-25(20)32-16)31-12-11-30(2)19(15-31)10-8-17-7-9-18(26)14-21(17)27/h3-7,9,13-14,19,29H,8,10-12,15H2,1-2H3. The first kappa shape index (κ1) is 21.1. The molecule has 2 aliphatic rings. The number of hydrogen-bond donors (Lipinski definition) is 1. The van der Waals surface area contributed by atoms with Gasteiger partial charge < -0.3 is 10.2 Å². The fraction of sp³-hybridized carbons (Fsp3) is 0.320. The Balaban J connectivity index is 1.41. The van der Waals surface area contributed by atoms with Gasteiger partial charge in [-0.1, -0.05) is 18.2 Å². The van der Waals surface area contributed by atoms with Crippen LogP contribution in [0.5, 0.6) is 0 Å². The highest BCUT2D eigenvalue weighted by atomic mass is 32.1. The zero-order chi connectivity index (χ0) is 22.2. The molecule has 4 nitrogen and oxygen atoms in total. The number of halogens is 2. The summed E-state index contributed by atoms with van der Waals surface area (Å²) in [7, 11) is 2.12. The molecule has 1 N–H and O–H groups in total. The molecule has 0 bridgehead atoms. The molecule has 2 aliphatic heterocycles. The lowest BCUT2D eigenvalue weighted by Crippen LogP contribution is -2.53. The van der Waals surface area contributed by atoms with E-state index in [1.54, 1.807) is 17.4 Å². The fourth-order valence-corrected chi connectivity index (χ4v) is 5.40. The lowest BCUT2D eigenvalue weighted by atomic mass is 10.0. The van der Waals surface area contributed by atoms with Gasteiger partial charge in [-0.25, -0.2) is 13.8 Å². The van der Waals surface area contributed by atoms with Gasteiger partial charge >= 0.3 is 0 Å². The topological polar surface area (TPSA) is 30.9 Å².